The Bertz CT molecular complexity index is 838. The number of nitro groups is 1. The minimum atomic E-state index is -0.692. The topological polar surface area (TPSA) is 72.7 Å². The number of nitro benzene ring substituents is 1. The minimum absolute atomic E-state index is 0.0779. The summed E-state index contributed by atoms with van der Waals surface area (Å²) in [7, 11) is 0. The molecule has 1 heterocycles. The van der Waals surface area contributed by atoms with Gasteiger partial charge in [-0.2, -0.15) is 0 Å². The van der Waals surface area contributed by atoms with Gasteiger partial charge in [0, 0.05) is 12.1 Å². The van der Waals surface area contributed by atoms with Crippen molar-refractivity contribution in [3.8, 4) is 5.75 Å². The van der Waals surface area contributed by atoms with Gasteiger partial charge in [-0.1, -0.05) is 26.0 Å². The van der Waals surface area contributed by atoms with E-state index in [4.69, 9.17) is 4.74 Å². The SMILES string of the molecule is CC(C)C1Oc2ccc([N+](=O)[O-])cc2N(Cc2cccc(F)c2)C1=O. The molecular weight excluding hydrogens is 327 g/mol. The summed E-state index contributed by atoms with van der Waals surface area (Å²) >= 11 is 0. The van der Waals surface area contributed by atoms with Crippen molar-refractivity contribution in [2.45, 2.75) is 26.5 Å². The molecule has 0 radical (unpaired) electrons. The average Bonchev–Trinajstić information content (AvgIpc) is 2.56. The molecule has 0 aromatic heterocycles. The first kappa shape index (κ1) is 16.9. The third kappa shape index (κ3) is 3.31. The van der Waals surface area contributed by atoms with Gasteiger partial charge in [-0.15, -0.1) is 0 Å². The molecule has 2 aromatic rings. The van der Waals surface area contributed by atoms with Crippen LogP contribution in [0.15, 0.2) is 42.5 Å². The molecule has 0 bridgehead atoms. The summed E-state index contributed by atoms with van der Waals surface area (Å²) < 4.78 is 19.2. The van der Waals surface area contributed by atoms with Gasteiger partial charge in [0.25, 0.3) is 11.6 Å². The highest BCUT2D eigenvalue weighted by atomic mass is 19.1. The number of benzene rings is 2. The number of hydrogen-bond donors (Lipinski definition) is 0. The van der Waals surface area contributed by atoms with Gasteiger partial charge in [-0.25, -0.2) is 4.39 Å². The molecule has 0 fully saturated rings. The van der Waals surface area contributed by atoms with Crippen molar-refractivity contribution >= 4 is 17.3 Å². The van der Waals surface area contributed by atoms with E-state index in [0.717, 1.165) is 0 Å². The van der Waals surface area contributed by atoms with Crippen LogP contribution in [0.4, 0.5) is 15.8 Å². The first-order chi connectivity index (χ1) is 11.9. The predicted octanol–water partition coefficient (Wildman–Crippen LogP) is 3.68. The van der Waals surface area contributed by atoms with Crippen LogP contribution in [0.5, 0.6) is 5.75 Å². The number of carbonyl (C=O) groups excluding carboxylic acids is 1. The number of ether oxygens (including phenoxy) is 1. The maximum atomic E-state index is 13.5. The van der Waals surface area contributed by atoms with Gasteiger partial charge in [-0.3, -0.25) is 14.9 Å². The first-order valence-electron chi connectivity index (χ1n) is 7.87. The summed E-state index contributed by atoms with van der Waals surface area (Å²) in [4.78, 5) is 24.8. The van der Waals surface area contributed by atoms with E-state index >= 15 is 0 Å². The molecule has 0 aliphatic carbocycles. The van der Waals surface area contributed by atoms with Crippen molar-refractivity contribution in [3.05, 3.63) is 64.0 Å². The van der Waals surface area contributed by atoms with E-state index in [9.17, 15) is 19.3 Å². The number of carbonyl (C=O) groups is 1. The molecule has 1 aliphatic heterocycles. The summed E-state index contributed by atoms with van der Waals surface area (Å²) in [6.07, 6.45) is -0.692. The van der Waals surface area contributed by atoms with Gasteiger partial charge in [-0.05, 0) is 29.7 Å². The van der Waals surface area contributed by atoms with E-state index in [0.29, 0.717) is 17.0 Å². The van der Waals surface area contributed by atoms with Gasteiger partial charge in [0.2, 0.25) is 0 Å². The van der Waals surface area contributed by atoms with Crippen molar-refractivity contribution in [1.29, 1.82) is 0 Å². The largest absolute Gasteiger partial charge is 0.478 e. The second-order valence-electron chi connectivity index (χ2n) is 6.25. The molecule has 6 nitrogen and oxygen atoms in total. The number of amides is 1. The fourth-order valence-electron chi connectivity index (χ4n) is 2.79. The molecular formula is C18H17FN2O4. The zero-order valence-electron chi connectivity index (χ0n) is 13.8. The van der Waals surface area contributed by atoms with Crippen LogP contribution in [0.2, 0.25) is 0 Å². The Morgan fingerprint density at radius 3 is 2.68 bits per heavy atom. The lowest BCUT2D eigenvalue weighted by atomic mass is 10.0. The number of nitrogens with zero attached hydrogens (tertiary/aromatic N) is 2. The van der Waals surface area contributed by atoms with E-state index in [1.54, 1.807) is 12.1 Å². The second kappa shape index (κ2) is 6.51. The minimum Gasteiger partial charge on any atom is -0.478 e. The van der Waals surface area contributed by atoms with Gasteiger partial charge < -0.3 is 9.64 Å². The monoisotopic (exact) mass is 344 g/mol. The molecule has 1 aliphatic rings. The Kier molecular flexibility index (Phi) is 4.39. The summed E-state index contributed by atoms with van der Waals surface area (Å²) in [5.41, 5.74) is 0.776. The van der Waals surface area contributed by atoms with Gasteiger partial charge in [0.05, 0.1) is 17.2 Å². The third-order valence-electron chi connectivity index (χ3n) is 4.04. The lowest BCUT2D eigenvalue weighted by Crippen LogP contribution is -2.48. The Morgan fingerprint density at radius 2 is 2.04 bits per heavy atom. The van der Waals surface area contributed by atoms with Crippen molar-refractivity contribution in [2.75, 3.05) is 4.90 Å². The lowest BCUT2D eigenvalue weighted by Gasteiger charge is -2.35. The fourth-order valence-corrected chi connectivity index (χ4v) is 2.79. The normalized spacial score (nSPS) is 16.6. The molecule has 0 spiro atoms. The van der Waals surface area contributed by atoms with E-state index in [2.05, 4.69) is 0 Å². The summed E-state index contributed by atoms with van der Waals surface area (Å²) in [6.45, 7) is 3.83. The van der Waals surface area contributed by atoms with Gasteiger partial charge in [0.15, 0.2) is 6.10 Å². The van der Waals surface area contributed by atoms with Crippen LogP contribution in [-0.4, -0.2) is 16.9 Å². The van der Waals surface area contributed by atoms with Crippen LogP contribution in [0.3, 0.4) is 0 Å². The van der Waals surface area contributed by atoms with Crippen LogP contribution >= 0.6 is 0 Å². The standard InChI is InChI=1S/C18H17FN2O4/c1-11(2)17-18(22)20(10-12-4-3-5-13(19)8-12)15-9-14(21(23)24)6-7-16(15)25-17/h3-9,11,17H,10H2,1-2H3. The zero-order valence-corrected chi connectivity index (χ0v) is 13.8. The maximum Gasteiger partial charge on any atom is 0.271 e. The predicted molar refractivity (Wildman–Crippen MR) is 89.9 cm³/mol. The van der Waals surface area contributed by atoms with E-state index in [1.165, 1.54) is 35.2 Å². The van der Waals surface area contributed by atoms with Crippen LogP contribution in [0.1, 0.15) is 19.4 Å². The Labute approximate surface area is 144 Å². The van der Waals surface area contributed by atoms with E-state index in [1.807, 2.05) is 13.8 Å². The highest BCUT2D eigenvalue weighted by Crippen LogP contribution is 2.39. The van der Waals surface area contributed by atoms with Crippen LogP contribution in [-0.2, 0) is 11.3 Å². The number of hydrogen-bond acceptors (Lipinski definition) is 4. The smallest absolute Gasteiger partial charge is 0.271 e. The van der Waals surface area contributed by atoms with Crippen molar-refractivity contribution in [2.24, 2.45) is 5.92 Å². The van der Waals surface area contributed by atoms with Crippen LogP contribution in [0.25, 0.3) is 0 Å². The Hall–Kier alpha value is -2.96. The summed E-state index contributed by atoms with van der Waals surface area (Å²) in [5.74, 6) is -0.378. The second-order valence-corrected chi connectivity index (χ2v) is 6.25. The van der Waals surface area contributed by atoms with E-state index in [-0.39, 0.29) is 24.1 Å². The van der Waals surface area contributed by atoms with Gasteiger partial charge >= 0.3 is 0 Å². The van der Waals surface area contributed by atoms with Crippen molar-refractivity contribution in [1.82, 2.24) is 0 Å². The molecule has 1 unspecified atom stereocenters. The molecule has 2 aromatic carbocycles. The molecule has 0 N–H and O–H groups in total. The molecule has 0 saturated carbocycles. The number of non-ortho nitro benzene ring substituents is 1. The highest BCUT2D eigenvalue weighted by molar-refractivity contribution is 6.00. The molecule has 1 amide bonds. The maximum absolute atomic E-state index is 13.5. The molecule has 25 heavy (non-hydrogen) atoms. The highest BCUT2D eigenvalue weighted by Gasteiger charge is 2.37. The quantitative estimate of drug-likeness (QED) is 0.626. The molecule has 0 saturated heterocycles. The zero-order chi connectivity index (χ0) is 18.1. The molecule has 1 atom stereocenters. The molecule has 7 heteroatoms. The lowest BCUT2D eigenvalue weighted by molar-refractivity contribution is -0.384. The number of anilines is 1. The van der Waals surface area contributed by atoms with Gasteiger partial charge in [0.1, 0.15) is 11.6 Å². The van der Waals surface area contributed by atoms with Crippen molar-refractivity contribution < 1.29 is 18.8 Å². The average molecular weight is 344 g/mol. The number of halogens is 1. The number of fused-ring (bicyclic) bond motifs is 1. The van der Waals surface area contributed by atoms with E-state index < -0.39 is 16.8 Å². The summed E-state index contributed by atoms with van der Waals surface area (Å²) in [5, 5.41) is 11.1. The van der Waals surface area contributed by atoms with Crippen LogP contribution < -0.4 is 9.64 Å². The van der Waals surface area contributed by atoms with Crippen molar-refractivity contribution in [3.63, 3.8) is 0 Å². The summed E-state index contributed by atoms with van der Waals surface area (Å²) in [6, 6.07) is 10.1. The first-order valence-corrected chi connectivity index (χ1v) is 7.87. The Balaban J connectivity index is 2.05. The third-order valence-corrected chi connectivity index (χ3v) is 4.04. The fraction of sp³-hybridized carbons (Fsp3) is 0.278. The molecule has 3 rings (SSSR count). The molecule has 130 valence electrons. The van der Waals surface area contributed by atoms with Crippen LogP contribution in [0, 0.1) is 21.8 Å². The number of rotatable bonds is 4. The Morgan fingerprint density at radius 1 is 1.28 bits per heavy atom.